The zero-order valence-electron chi connectivity index (χ0n) is 18.6. The molecule has 0 spiro atoms. The van der Waals surface area contributed by atoms with Crippen LogP contribution >= 0.6 is 0 Å². The van der Waals surface area contributed by atoms with Gasteiger partial charge in [-0.3, -0.25) is 0 Å². The van der Waals surface area contributed by atoms with Gasteiger partial charge in [-0.2, -0.15) is 0 Å². The van der Waals surface area contributed by atoms with Gasteiger partial charge >= 0.3 is 6.03 Å². The van der Waals surface area contributed by atoms with Gasteiger partial charge in [-0.25, -0.2) is 14.8 Å². The Kier molecular flexibility index (Phi) is 5.67. The van der Waals surface area contributed by atoms with E-state index in [0.29, 0.717) is 6.61 Å². The average molecular weight is 417 g/mol. The quantitative estimate of drug-likeness (QED) is 0.617. The highest BCUT2D eigenvalue weighted by molar-refractivity contribution is 5.93. The lowest BCUT2D eigenvalue weighted by Gasteiger charge is -2.21. The fourth-order valence-electron chi connectivity index (χ4n) is 3.88. The first kappa shape index (κ1) is 20.9. The summed E-state index contributed by atoms with van der Waals surface area (Å²) >= 11 is 0. The van der Waals surface area contributed by atoms with E-state index in [2.05, 4.69) is 68.2 Å². The maximum atomic E-state index is 12.4. The summed E-state index contributed by atoms with van der Waals surface area (Å²) in [5, 5.41) is 2.88. The minimum atomic E-state index is -0.179. The number of amides is 2. The summed E-state index contributed by atoms with van der Waals surface area (Å²) in [6.07, 6.45) is 0. The first-order chi connectivity index (χ1) is 14.9. The number of aryl methyl sites for hydroxylation is 4. The molecule has 2 amide bonds. The number of urea groups is 1. The molecule has 31 heavy (non-hydrogen) atoms. The van der Waals surface area contributed by atoms with Crippen LogP contribution in [0.15, 0.2) is 54.6 Å². The molecule has 0 aliphatic carbocycles. The first-order valence-electron chi connectivity index (χ1n) is 10.3. The van der Waals surface area contributed by atoms with E-state index >= 15 is 0 Å². The molecule has 160 valence electrons. The van der Waals surface area contributed by atoms with Gasteiger partial charge in [0.2, 0.25) is 0 Å². The highest BCUT2D eigenvalue weighted by atomic mass is 16.5. The number of hydrogen-bond donors (Lipinski definition) is 2. The number of benzene rings is 3. The number of hydrogen-bond acceptors (Lipinski definition) is 4. The molecule has 1 fully saturated rings. The molecule has 6 heteroatoms. The van der Waals surface area contributed by atoms with Gasteiger partial charge in [0.15, 0.2) is 0 Å². The van der Waals surface area contributed by atoms with Crippen LogP contribution in [0.4, 0.5) is 10.5 Å². The minimum Gasteiger partial charge on any atom is -0.489 e. The van der Waals surface area contributed by atoms with Gasteiger partial charge in [-0.05, 0) is 79.3 Å². The van der Waals surface area contributed by atoms with Crippen LogP contribution in [-0.2, 0) is 6.61 Å². The maximum Gasteiger partial charge on any atom is 0.355 e. The maximum absolute atomic E-state index is 12.4. The second-order valence-electron chi connectivity index (χ2n) is 8.01. The summed E-state index contributed by atoms with van der Waals surface area (Å²) in [5.41, 5.74) is 14.5. The van der Waals surface area contributed by atoms with Gasteiger partial charge in [0.1, 0.15) is 12.4 Å². The first-order valence-corrected chi connectivity index (χ1v) is 10.3. The third kappa shape index (κ3) is 4.00. The Morgan fingerprint density at radius 3 is 2.26 bits per heavy atom. The summed E-state index contributed by atoms with van der Waals surface area (Å²) in [6.45, 7) is 8.70. The number of ether oxygens (including phenoxy) is 1. The summed E-state index contributed by atoms with van der Waals surface area (Å²) in [7, 11) is 1.67. The van der Waals surface area contributed by atoms with E-state index in [9.17, 15) is 4.79 Å². The van der Waals surface area contributed by atoms with Crippen molar-refractivity contribution in [3.63, 3.8) is 0 Å². The number of anilines is 1. The fourth-order valence-corrected chi connectivity index (χ4v) is 3.88. The van der Waals surface area contributed by atoms with Crippen molar-refractivity contribution in [1.29, 1.82) is 0 Å². The standard InChI is InChI=1S/C25H28N4O2/c1-16-9-6-7-11-20(16)21-13-19(4)24(14-18(21)3)31-15-22-17(2)10-8-12-23(22)29-25(30)28(5)26-27-29/h6-14,26-27H,15H2,1-5H3. The zero-order chi connectivity index (χ0) is 22.1. The molecular formula is C25H28N4O2. The Labute approximate surface area is 183 Å². The Hall–Kier alpha value is -3.35. The van der Waals surface area contributed by atoms with Crippen molar-refractivity contribution >= 4 is 11.7 Å². The summed E-state index contributed by atoms with van der Waals surface area (Å²) in [4.78, 5) is 12.4. The number of nitrogens with one attached hydrogen (secondary N) is 2. The van der Waals surface area contributed by atoms with Gasteiger partial charge in [0.25, 0.3) is 0 Å². The molecular weight excluding hydrogens is 388 g/mol. The highest BCUT2D eigenvalue weighted by Gasteiger charge is 2.28. The van der Waals surface area contributed by atoms with E-state index in [4.69, 9.17) is 4.74 Å². The SMILES string of the molecule is Cc1cc(-c2ccccc2C)c(C)cc1OCc1c(C)cccc1N1NNN(C)C1=O. The van der Waals surface area contributed by atoms with Gasteiger partial charge in [-0.15, -0.1) is 11.1 Å². The molecule has 0 radical (unpaired) electrons. The predicted octanol–water partition coefficient (Wildman–Crippen LogP) is 4.96. The number of nitrogens with zero attached hydrogens (tertiary/aromatic N) is 2. The molecule has 2 N–H and O–H groups in total. The van der Waals surface area contributed by atoms with Crippen molar-refractivity contribution < 1.29 is 9.53 Å². The summed E-state index contributed by atoms with van der Waals surface area (Å²) in [6, 6.07) is 18.4. The normalized spacial score (nSPS) is 13.8. The van der Waals surface area contributed by atoms with Crippen LogP contribution in [0.25, 0.3) is 11.1 Å². The van der Waals surface area contributed by atoms with Crippen LogP contribution in [-0.4, -0.2) is 18.1 Å². The lowest BCUT2D eigenvalue weighted by Crippen LogP contribution is -2.38. The molecule has 0 saturated carbocycles. The smallest absolute Gasteiger partial charge is 0.355 e. The molecule has 0 aromatic heterocycles. The second-order valence-corrected chi connectivity index (χ2v) is 8.01. The molecule has 1 heterocycles. The van der Waals surface area contributed by atoms with Crippen LogP contribution in [0.5, 0.6) is 5.75 Å². The van der Waals surface area contributed by atoms with Crippen molar-refractivity contribution in [2.75, 3.05) is 12.1 Å². The number of rotatable bonds is 5. The van der Waals surface area contributed by atoms with Gasteiger partial charge in [-0.1, -0.05) is 36.4 Å². The zero-order valence-corrected chi connectivity index (χ0v) is 18.6. The van der Waals surface area contributed by atoms with Crippen LogP contribution in [0.2, 0.25) is 0 Å². The van der Waals surface area contributed by atoms with E-state index < -0.39 is 0 Å². The van der Waals surface area contributed by atoms with Crippen molar-refractivity contribution in [2.45, 2.75) is 34.3 Å². The molecule has 1 aliphatic heterocycles. The third-order valence-electron chi connectivity index (χ3n) is 5.76. The molecule has 0 atom stereocenters. The molecule has 0 bridgehead atoms. The summed E-state index contributed by atoms with van der Waals surface area (Å²) < 4.78 is 6.27. The molecule has 6 nitrogen and oxygen atoms in total. The Bertz CT molecular complexity index is 1140. The fraction of sp³-hybridized carbons (Fsp3) is 0.240. The largest absolute Gasteiger partial charge is 0.489 e. The molecule has 0 unspecified atom stereocenters. The molecule has 3 aromatic rings. The minimum absolute atomic E-state index is 0.179. The third-order valence-corrected chi connectivity index (χ3v) is 5.76. The predicted molar refractivity (Wildman–Crippen MR) is 124 cm³/mol. The van der Waals surface area contributed by atoms with E-state index in [-0.39, 0.29) is 6.03 Å². The Morgan fingerprint density at radius 1 is 0.806 bits per heavy atom. The molecule has 1 aliphatic rings. The molecule has 3 aromatic carbocycles. The van der Waals surface area contributed by atoms with E-state index in [1.54, 1.807) is 7.05 Å². The van der Waals surface area contributed by atoms with Crippen LogP contribution in [0, 0.1) is 27.7 Å². The van der Waals surface area contributed by atoms with Gasteiger partial charge in [0.05, 0.1) is 5.69 Å². The van der Waals surface area contributed by atoms with E-state index in [0.717, 1.165) is 28.1 Å². The summed E-state index contributed by atoms with van der Waals surface area (Å²) in [5.74, 6) is 0.847. The number of hydrazine groups is 3. The van der Waals surface area contributed by atoms with Crippen molar-refractivity contribution in [1.82, 2.24) is 16.1 Å². The monoisotopic (exact) mass is 416 g/mol. The lowest BCUT2D eigenvalue weighted by molar-refractivity contribution is 0.214. The van der Waals surface area contributed by atoms with E-state index in [1.807, 2.05) is 25.1 Å². The van der Waals surface area contributed by atoms with Crippen molar-refractivity contribution in [2.24, 2.45) is 0 Å². The van der Waals surface area contributed by atoms with Gasteiger partial charge < -0.3 is 4.74 Å². The average Bonchev–Trinajstić information content (AvgIpc) is 3.08. The lowest BCUT2D eigenvalue weighted by atomic mass is 9.95. The number of carbonyl (C=O) groups is 1. The Balaban J connectivity index is 1.62. The van der Waals surface area contributed by atoms with Crippen molar-refractivity contribution in [3.8, 4) is 16.9 Å². The van der Waals surface area contributed by atoms with Crippen LogP contribution in [0.3, 0.4) is 0 Å². The number of carbonyl (C=O) groups excluding carboxylic acids is 1. The van der Waals surface area contributed by atoms with Gasteiger partial charge in [0, 0.05) is 12.6 Å². The van der Waals surface area contributed by atoms with Crippen molar-refractivity contribution in [3.05, 3.63) is 82.4 Å². The molecule has 1 saturated heterocycles. The van der Waals surface area contributed by atoms with Crippen LogP contribution in [0.1, 0.15) is 27.8 Å². The van der Waals surface area contributed by atoms with Crippen LogP contribution < -0.4 is 20.8 Å². The molecule has 4 rings (SSSR count). The van der Waals surface area contributed by atoms with E-state index in [1.165, 1.54) is 32.3 Å². The Morgan fingerprint density at radius 2 is 1.55 bits per heavy atom. The topological polar surface area (TPSA) is 56.8 Å². The highest BCUT2D eigenvalue weighted by Crippen LogP contribution is 2.33. The second kappa shape index (κ2) is 8.41.